The number of carboxylic acids is 1. The summed E-state index contributed by atoms with van der Waals surface area (Å²) >= 11 is 0. The highest BCUT2D eigenvalue weighted by molar-refractivity contribution is 5.88. The second kappa shape index (κ2) is 3.58. The molecule has 1 aliphatic carbocycles. The number of carboxylic acid groups (broad SMARTS) is 1. The third kappa shape index (κ3) is 1.69. The number of aromatic nitrogens is 1. The lowest BCUT2D eigenvalue weighted by molar-refractivity contribution is -0.133. The molecular weight excluding hydrogens is 224 g/mol. The molecule has 1 saturated carbocycles. The first kappa shape index (κ1) is 10.3. The van der Waals surface area contributed by atoms with E-state index in [0.717, 1.165) is 12.8 Å². The van der Waals surface area contributed by atoms with Gasteiger partial charge < -0.3 is 14.5 Å². The zero-order chi connectivity index (χ0) is 12.0. The van der Waals surface area contributed by atoms with E-state index < -0.39 is 5.97 Å². The lowest BCUT2D eigenvalue weighted by atomic mass is 10.1. The van der Waals surface area contributed by atoms with Crippen LogP contribution in [0.25, 0.3) is 0 Å². The number of rotatable bonds is 2. The van der Waals surface area contributed by atoms with Gasteiger partial charge in [0, 0.05) is 24.4 Å². The van der Waals surface area contributed by atoms with Crippen molar-refractivity contribution in [2.24, 2.45) is 5.92 Å². The molecule has 2 heterocycles. The Kier molecular flexibility index (Phi) is 2.17. The monoisotopic (exact) mass is 236 g/mol. The van der Waals surface area contributed by atoms with Gasteiger partial charge in [-0.05, 0) is 12.8 Å². The molecular formula is C11H12N2O4. The second-order valence-electron chi connectivity index (χ2n) is 4.52. The average Bonchev–Trinajstić information content (AvgIpc) is 3.06. The first-order chi connectivity index (χ1) is 8.16. The van der Waals surface area contributed by atoms with Crippen LogP contribution in [0.15, 0.2) is 4.52 Å². The van der Waals surface area contributed by atoms with E-state index >= 15 is 0 Å². The summed E-state index contributed by atoms with van der Waals surface area (Å²) in [7, 11) is 0. The number of hydrogen-bond donors (Lipinski definition) is 1. The SMILES string of the molecule is O=C(O)c1noc2c1CN(C(=O)C1CC1)CC2. The maximum Gasteiger partial charge on any atom is 0.358 e. The minimum absolute atomic E-state index is 0.0618. The topological polar surface area (TPSA) is 83.6 Å². The number of nitrogens with zero attached hydrogens (tertiary/aromatic N) is 2. The van der Waals surface area contributed by atoms with Crippen LogP contribution in [-0.2, 0) is 17.8 Å². The molecule has 1 fully saturated rings. The van der Waals surface area contributed by atoms with Crippen LogP contribution in [0.5, 0.6) is 0 Å². The zero-order valence-corrected chi connectivity index (χ0v) is 9.18. The van der Waals surface area contributed by atoms with Crippen molar-refractivity contribution in [1.29, 1.82) is 0 Å². The van der Waals surface area contributed by atoms with Gasteiger partial charge in [-0.25, -0.2) is 4.79 Å². The normalized spacial score (nSPS) is 18.9. The Morgan fingerprint density at radius 3 is 2.82 bits per heavy atom. The van der Waals surface area contributed by atoms with Gasteiger partial charge in [-0.15, -0.1) is 0 Å². The van der Waals surface area contributed by atoms with Crippen molar-refractivity contribution in [3.63, 3.8) is 0 Å². The minimum atomic E-state index is -1.10. The fourth-order valence-corrected chi connectivity index (χ4v) is 2.15. The molecule has 1 amide bonds. The predicted molar refractivity (Wildman–Crippen MR) is 55.3 cm³/mol. The summed E-state index contributed by atoms with van der Waals surface area (Å²) in [6.45, 7) is 0.909. The van der Waals surface area contributed by atoms with Crippen LogP contribution in [0.1, 0.15) is 34.7 Å². The molecule has 6 nitrogen and oxygen atoms in total. The first-order valence-corrected chi connectivity index (χ1v) is 5.66. The van der Waals surface area contributed by atoms with E-state index in [0.29, 0.717) is 30.8 Å². The van der Waals surface area contributed by atoms with Crippen LogP contribution in [0, 0.1) is 5.92 Å². The van der Waals surface area contributed by atoms with E-state index in [9.17, 15) is 9.59 Å². The summed E-state index contributed by atoms with van der Waals surface area (Å²) < 4.78 is 4.98. The van der Waals surface area contributed by atoms with Gasteiger partial charge in [0.25, 0.3) is 0 Å². The van der Waals surface area contributed by atoms with E-state index in [1.807, 2.05) is 0 Å². The summed E-state index contributed by atoms with van der Waals surface area (Å²) in [6.07, 6.45) is 2.46. The Bertz CT molecular complexity index is 490. The molecule has 0 aromatic carbocycles. The van der Waals surface area contributed by atoms with Crippen LogP contribution in [-0.4, -0.2) is 33.6 Å². The van der Waals surface area contributed by atoms with Crippen molar-refractivity contribution < 1.29 is 19.2 Å². The van der Waals surface area contributed by atoms with Gasteiger partial charge in [-0.2, -0.15) is 0 Å². The van der Waals surface area contributed by atoms with E-state index in [-0.39, 0.29) is 17.5 Å². The van der Waals surface area contributed by atoms with Crippen molar-refractivity contribution in [2.75, 3.05) is 6.54 Å². The van der Waals surface area contributed by atoms with Gasteiger partial charge in [-0.1, -0.05) is 5.16 Å². The molecule has 0 unspecified atom stereocenters. The number of amides is 1. The summed E-state index contributed by atoms with van der Waals surface area (Å²) in [6, 6.07) is 0. The standard InChI is InChI=1S/C11H12N2O4/c14-10(6-1-2-6)13-4-3-8-7(5-13)9(11(15)16)12-17-8/h6H,1-5H2,(H,15,16). The van der Waals surface area contributed by atoms with Gasteiger partial charge in [0.2, 0.25) is 5.91 Å². The van der Waals surface area contributed by atoms with E-state index in [1.165, 1.54) is 0 Å². The van der Waals surface area contributed by atoms with Gasteiger partial charge in [-0.3, -0.25) is 4.79 Å². The second-order valence-corrected chi connectivity index (χ2v) is 4.52. The van der Waals surface area contributed by atoms with Crippen LogP contribution < -0.4 is 0 Å². The van der Waals surface area contributed by atoms with Crippen molar-refractivity contribution in [3.05, 3.63) is 17.0 Å². The Balaban J connectivity index is 1.85. The first-order valence-electron chi connectivity index (χ1n) is 5.66. The lowest BCUT2D eigenvalue weighted by Gasteiger charge is -2.25. The number of hydrogen-bond acceptors (Lipinski definition) is 4. The number of fused-ring (bicyclic) bond motifs is 1. The molecule has 1 aliphatic heterocycles. The molecule has 0 radical (unpaired) electrons. The Labute approximate surface area is 97.2 Å². The van der Waals surface area contributed by atoms with Crippen LogP contribution in [0.3, 0.4) is 0 Å². The fourth-order valence-electron chi connectivity index (χ4n) is 2.15. The van der Waals surface area contributed by atoms with E-state index in [4.69, 9.17) is 9.63 Å². The van der Waals surface area contributed by atoms with Crippen LogP contribution in [0.4, 0.5) is 0 Å². The highest BCUT2D eigenvalue weighted by atomic mass is 16.5. The molecule has 0 bridgehead atoms. The van der Waals surface area contributed by atoms with Crippen molar-refractivity contribution >= 4 is 11.9 Å². The summed E-state index contributed by atoms with van der Waals surface area (Å²) in [5.41, 5.74) is 0.492. The smallest absolute Gasteiger partial charge is 0.358 e. The van der Waals surface area contributed by atoms with Gasteiger partial charge in [0.15, 0.2) is 5.69 Å². The Morgan fingerprint density at radius 2 is 2.18 bits per heavy atom. The maximum absolute atomic E-state index is 11.9. The Morgan fingerprint density at radius 1 is 1.41 bits per heavy atom. The van der Waals surface area contributed by atoms with Crippen molar-refractivity contribution in [1.82, 2.24) is 10.1 Å². The molecule has 0 spiro atoms. The van der Waals surface area contributed by atoms with Crippen LogP contribution >= 0.6 is 0 Å². The molecule has 1 aromatic heterocycles. The summed E-state index contributed by atoms with van der Waals surface area (Å²) in [5.74, 6) is -0.212. The van der Waals surface area contributed by atoms with Crippen molar-refractivity contribution in [2.45, 2.75) is 25.8 Å². The lowest BCUT2D eigenvalue weighted by Crippen LogP contribution is -2.37. The average molecular weight is 236 g/mol. The number of carbonyl (C=O) groups is 2. The van der Waals surface area contributed by atoms with Gasteiger partial charge >= 0.3 is 5.97 Å². The van der Waals surface area contributed by atoms with Gasteiger partial charge in [0.1, 0.15) is 5.76 Å². The van der Waals surface area contributed by atoms with E-state index in [1.54, 1.807) is 4.90 Å². The molecule has 2 aliphatic rings. The molecule has 3 rings (SSSR count). The molecule has 90 valence electrons. The van der Waals surface area contributed by atoms with E-state index in [2.05, 4.69) is 5.16 Å². The van der Waals surface area contributed by atoms with Gasteiger partial charge in [0.05, 0.1) is 6.54 Å². The minimum Gasteiger partial charge on any atom is -0.476 e. The quantitative estimate of drug-likeness (QED) is 0.815. The molecule has 1 aromatic rings. The third-order valence-corrected chi connectivity index (χ3v) is 3.27. The molecule has 1 N–H and O–H groups in total. The highest BCUT2D eigenvalue weighted by Crippen LogP contribution is 2.33. The third-order valence-electron chi connectivity index (χ3n) is 3.27. The number of aromatic carboxylic acids is 1. The number of carbonyl (C=O) groups excluding carboxylic acids is 1. The largest absolute Gasteiger partial charge is 0.476 e. The predicted octanol–water partition coefficient (Wildman–Crippen LogP) is 0.667. The maximum atomic E-state index is 11.9. The van der Waals surface area contributed by atoms with Crippen LogP contribution in [0.2, 0.25) is 0 Å². The molecule has 0 atom stereocenters. The summed E-state index contributed by atoms with van der Waals surface area (Å²) in [4.78, 5) is 24.5. The highest BCUT2D eigenvalue weighted by Gasteiger charge is 2.36. The Hall–Kier alpha value is -1.85. The fraction of sp³-hybridized carbons (Fsp3) is 0.545. The molecule has 6 heteroatoms. The molecule has 17 heavy (non-hydrogen) atoms. The molecule has 0 saturated heterocycles. The summed E-state index contributed by atoms with van der Waals surface area (Å²) in [5, 5.41) is 12.5. The van der Waals surface area contributed by atoms with Crippen molar-refractivity contribution in [3.8, 4) is 0 Å². The zero-order valence-electron chi connectivity index (χ0n) is 9.18.